The molecule has 0 saturated carbocycles. The zero-order chi connectivity index (χ0) is 13.9. The first-order valence-electron chi connectivity index (χ1n) is 7.22. The smallest absolute Gasteiger partial charge is 0.231 e. The van der Waals surface area contributed by atoms with Crippen molar-refractivity contribution in [1.82, 2.24) is 20.0 Å². The zero-order valence-corrected chi connectivity index (χ0v) is 12.0. The molecule has 1 fully saturated rings. The lowest BCUT2D eigenvalue weighted by Crippen LogP contribution is -2.39. The minimum atomic E-state index is 0.356. The molecule has 0 amide bonds. The molecule has 0 spiro atoms. The van der Waals surface area contributed by atoms with Gasteiger partial charge in [0, 0.05) is 30.5 Å². The van der Waals surface area contributed by atoms with Gasteiger partial charge in [-0.05, 0) is 45.4 Å². The van der Waals surface area contributed by atoms with Crippen molar-refractivity contribution >= 4 is 0 Å². The summed E-state index contributed by atoms with van der Waals surface area (Å²) in [5, 5.41) is 4.10. The summed E-state index contributed by atoms with van der Waals surface area (Å²) in [4.78, 5) is 11.0. The third kappa shape index (κ3) is 2.72. The Labute approximate surface area is 119 Å². The van der Waals surface area contributed by atoms with Gasteiger partial charge in [0.1, 0.15) is 0 Å². The van der Waals surface area contributed by atoms with E-state index in [1.807, 2.05) is 12.1 Å². The molecule has 0 radical (unpaired) electrons. The van der Waals surface area contributed by atoms with Gasteiger partial charge < -0.3 is 9.42 Å². The van der Waals surface area contributed by atoms with Gasteiger partial charge in [-0.15, -0.1) is 0 Å². The molecule has 5 heteroatoms. The molecule has 1 saturated heterocycles. The van der Waals surface area contributed by atoms with Crippen molar-refractivity contribution in [2.75, 3.05) is 13.1 Å². The fraction of sp³-hybridized carbons (Fsp3) is 0.533. The van der Waals surface area contributed by atoms with Gasteiger partial charge in [-0.1, -0.05) is 5.16 Å². The largest absolute Gasteiger partial charge is 0.339 e. The lowest BCUT2D eigenvalue weighted by atomic mass is 9.97. The monoisotopic (exact) mass is 272 g/mol. The van der Waals surface area contributed by atoms with E-state index in [2.05, 4.69) is 33.9 Å². The third-order valence-electron chi connectivity index (χ3n) is 3.91. The molecule has 20 heavy (non-hydrogen) atoms. The summed E-state index contributed by atoms with van der Waals surface area (Å²) in [6, 6.07) is 4.37. The van der Waals surface area contributed by atoms with Gasteiger partial charge in [-0.2, -0.15) is 4.98 Å². The van der Waals surface area contributed by atoms with E-state index in [9.17, 15) is 0 Å². The SMILES string of the molecule is CC(C)N1CCC[C@H](c2nc(-c3ccncc3)no2)C1. The first kappa shape index (κ1) is 13.2. The molecule has 106 valence electrons. The second-order valence-corrected chi connectivity index (χ2v) is 5.62. The molecule has 3 rings (SSSR count). The van der Waals surface area contributed by atoms with Crippen molar-refractivity contribution in [3.8, 4) is 11.4 Å². The van der Waals surface area contributed by atoms with Crippen molar-refractivity contribution in [3.63, 3.8) is 0 Å². The maximum atomic E-state index is 5.48. The first-order valence-corrected chi connectivity index (χ1v) is 7.22. The predicted molar refractivity (Wildman–Crippen MR) is 76.2 cm³/mol. The number of rotatable bonds is 3. The Hall–Kier alpha value is -1.75. The van der Waals surface area contributed by atoms with E-state index in [0.717, 1.165) is 24.4 Å². The number of nitrogens with zero attached hydrogens (tertiary/aromatic N) is 4. The van der Waals surface area contributed by atoms with Crippen molar-refractivity contribution in [3.05, 3.63) is 30.4 Å². The van der Waals surface area contributed by atoms with Crippen molar-refractivity contribution < 1.29 is 4.52 Å². The van der Waals surface area contributed by atoms with E-state index >= 15 is 0 Å². The fourth-order valence-electron chi connectivity index (χ4n) is 2.70. The highest BCUT2D eigenvalue weighted by atomic mass is 16.5. The molecular weight excluding hydrogens is 252 g/mol. The molecule has 1 aliphatic rings. The number of hydrogen-bond donors (Lipinski definition) is 0. The average Bonchev–Trinajstić information content (AvgIpc) is 2.98. The second kappa shape index (κ2) is 5.71. The van der Waals surface area contributed by atoms with Gasteiger partial charge in [0.25, 0.3) is 0 Å². The molecule has 0 bridgehead atoms. The van der Waals surface area contributed by atoms with Crippen LogP contribution in [0.25, 0.3) is 11.4 Å². The number of aromatic nitrogens is 3. The molecule has 0 aliphatic carbocycles. The molecule has 0 aromatic carbocycles. The Balaban J connectivity index is 1.77. The Morgan fingerprint density at radius 2 is 2.10 bits per heavy atom. The highest BCUT2D eigenvalue weighted by molar-refractivity contribution is 5.52. The molecule has 0 N–H and O–H groups in total. The van der Waals surface area contributed by atoms with Crippen LogP contribution in [0.3, 0.4) is 0 Å². The average molecular weight is 272 g/mol. The molecule has 2 aromatic heterocycles. The summed E-state index contributed by atoms with van der Waals surface area (Å²) in [5.74, 6) is 1.78. The Bertz CT molecular complexity index is 552. The first-order chi connectivity index (χ1) is 9.74. The lowest BCUT2D eigenvalue weighted by molar-refractivity contribution is 0.153. The van der Waals surface area contributed by atoms with E-state index in [1.165, 1.54) is 13.0 Å². The summed E-state index contributed by atoms with van der Waals surface area (Å²) in [6.07, 6.45) is 5.80. The maximum Gasteiger partial charge on any atom is 0.231 e. The molecule has 2 aromatic rings. The van der Waals surface area contributed by atoms with Crippen LogP contribution in [0.5, 0.6) is 0 Å². The molecular formula is C15H20N4O. The minimum absolute atomic E-state index is 0.356. The van der Waals surface area contributed by atoms with Gasteiger partial charge in [0.05, 0.1) is 5.92 Å². The second-order valence-electron chi connectivity index (χ2n) is 5.62. The fourth-order valence-corrected chi connectivity index (χ4v) is 2.70. The number of hydrogen-bond acceptors (Lipinski definition) is 5. The van der Waals surface area contributed by atoms with Gasteiger partial charge >= 0.3 is 0 Å². The van der Waals surface area contributed by atoms with E-state index in [-0.39, 0.29) is 0 Å². The number of pyridine rings is 1. The van der Waals surface area contributed by atoms with Crippen LogP contribution < -0.4 is 0 Å². The van der Waals surface area contributed by atoms with Crippen molar-refractivity contribution in [2.24, 2.45) is 0 Å². The van der Waals surface area contributed by atoms with Gasteiger partial charge in [-0.25, -0.2) is 0 Å². The van der Waals surface area contributed by atoms with Crippen LogP contribution in [0.2, 0.25) is 0 Å². The van der Waals surface area contributed by atoms with Crippen LogP contribution in [0.4, 0.5) is 0 Å². The summed E-state index contributed by atoms with van der Waals surface area (Å²) in [7, 11) is 0. The quantitative estimate of drug-likeness (QED) is 0.860. The van der Waals surface area contributed by atoms with E-state index in [4.69, 9.17) is 4.52 Å². The molecule has 0 unspecified atom stereocenters. The summed E-state index contributed by atoms with van der Waals surface area (Å²) >= 11 is 0. The summed E-state index contributed by atoms with van der Waals surface area (Å²) in [5.41, 5.74) is 0.950. The Kier molecular flexibility index (Phi) is 3.78. The van der Waals surface area contributed by atoms with Crippen LogP contribution in [-0.4, -0.2) is 39.2 Å². The van der Waals surface area contributed by atoms with Crippen LogP contribution in [0.15, 0.2) is 29.0 Å². The summed E-state index contributed by atoms with van der Waals surface area (Å²) < 4.78 is 5.48. The van der Waals surface area contributed by atoms with Gasteiger partial charge in [0.2, 0.25) is 11.7 Å². The number of likely N-dealkylation sites (tertiary alicyclic amines) is 1. The molecule has 3 heterocycles. The lowest BCUT2D eigenvalue weighted by Gasteiger charge is -2.33. The Morgan fingerprint density at radius 1 is 1.30 bits per heavy atom. The molecule has 1 atom stereocenters. The van der Waals surface area contributed by atoms with Crippen LogP contribution in [0, 0.1) is 0 Å². The normalized spacial score (nSPS) is 20.4. The van der Waals surface area contributed by atoms with Gasteiger partial charge in [0.15, 0.2) is 0 Å². The zero-order valence-electron chi connectivity index (χ0n) is 12.0. The summed E-state index contributed by atoms with van der Waals surface area (Å²) in [6.45, 7) is 6.65. The molecule has 1 aliphatic heterocycles. The van der Waals surface area contributed by atoms with E-state index in [0.29, 0.717) is 17.8 Å². The van der Waals surface area contributed by atoms with E-state index in [1.54, 1.807) is 12.4 Å². The highest BCUT2D eigenvalue weighted by Gasteiger charge is 2.27. The Morgan fingerprint density at radius 3 is 2.85 bits per heavy atom. The van der Waals surface area contributed by atoms with Crippen molar-refractivity contribution in [1.29, 1.82) is 0 Å². The number of piperidine rings is 1. The minimum Gasteiger partial charge on any atom is -0.339 e. The highest BCUT2D eigenvalue weighted by Crippen LogP contribution is 2.28. The standard InChI is InChI=1S/C15H20N4O/c1-11(2)19-9-3-4-13(10-19)15-17-14(18-20-15)12-5-7-16-8-6-12/h5-8,11,13H,3-4,9-10H2,1-2H3/t13-/m0/s1. The maximum absolute atomic E-state index is 5.48. The van der Waals surface area contributed by atoms with Crippen molar-refractivity contribution in [2.45, 2.75) is 38.6 Å². The third-order valence-corrected chi connectivity index (χ3v) is 3.91. The predicted octanol–water partition coefficient (Wildman–Crippen LogP) is 2.72. The van der Waals surface area contributed by atoms with Crippen LogP contribution in [0.1, 0.15) is 38.5 Å². The van der Waals surface area contributed by atoms with Crippen LogP contribution in [-0.2, 0) is 0 Å². The topological polar surface area (TPSA) is 55.1 Å². The van der Waals surface area contributed by atoms with E-state index < -0.39 is 0 Å². The molecule has 5 nitrogen and oxygen atoms in total. The van der Waals surface area contributed by atoms with Crippen LogP contribution >= 0.6 is 0 Å². The van der Waals surface area contributed by atoms with Gasteiger partial charge in [-0.3, -0.25) is 4.98 Å².